The highest BCUT2D eigenvalue weighted by Crippen LogP contribution is 2.71. The van der Waals surface area contributed by atoms with Crippen LogP contribution < -0.4 is 0 Å². The number of rotatable bonds is 4. The fourth-order valence-corrected chi connectivity index (χ4v) is 5.38. The number of esters is 1. The van der Waals surface area contributed by atoms with Gasteiger partial charge in [0.1, 0.15) is 6.61 Å². The monoisotopic (exact) mass is 388 g/mol. The van der Waals surface area contributed by atoms with E-state index in [2.05, 4.69) is 71.0 Å². The van der Waals surface area contributed by atoms with Crippen LogP contribution in [0.4, 0.5) is 0 Å². The van der Waals surface area contributed by atoms with Crippen molar-refractivity contribution < 1.29 is 9.53 Å². The maximum absolute atomic E-state index is 13.2. The van der Waals surface area contributed by atoms with Crippen molar-refractivity contribution in [3.05, 3.63) is 70.3 Å². The van der Waals surface area contributed by atoms with Crippen LogP contribution in [0.15, 0.2) is 53.6 Å². The van der Waals surface area contributed by atoms with E-state index in [9.17, 15) is 4.79 Å². The second-order valence-corrected chi connectivity index (χ2v) is 9.41. The molecule has 0 heterocycles. The van der Waals surface area contributed by atoms with Gasteiger partial charge in [0.2, 0.25) is 0 Å². The van der Waals surface area contributed by atoms with Gasteiger partial charge in [0.15, 0.2) is 0 Å². The minimum absolute atomic E-state index is 0.0687. The van der Waals surface area contributed by atoms with Gasteiger partial charge in [-0.2, -0.15) is 0 Å². The van der Waals surface area contributed by atoms with Crippen molar-refractivity contribution >= 4 is 5.97 Å². The van der Waals surface area contributed by atoms with Gasteiger partial charge >= 0.3 is 5.97 Å². The largest absolute Gasteiger partial charge is 0.460 e. The minimum Gasteiger partial charge on any atom is -0.460 e. The van der Waals surface area contributed by atoms with Crippen LogP contribution >= 0.6 is 0 Å². The van der Waals surface area contributed by atoms with Gasteiger partial charge in [-0.3, -0.25) is 4.79 Å². The SMILES string of the molecule is Cc1ccc(-c2ccccc2)c(C)c1COC(=O)C1(C)C(=C2CCCC2)C1(C)C. The number of aryl methyl sites for hydroxylation is 1. The molecule has 0 aromatic heterocycles. The van der Waals surface area contributed by atoms with E-state index in [0.29, 0.717) is 6.61 Å². The van der Waals surface area contributed by atoms with E-state index in [1.807, 2.05) is 6.07 Å². The number of hydrogen-bond donors (Lipinski definition) is 0. The smallest absolute Gasteiger partial charge is 0.317 e. The Hall–Kier alpha value is -2.35. The lowest BCUT2D eigenvalue weighted by Gasteiger charge is -2.17. The lowest BCUT2D eigenvalue weighted by molar-refractivity contribution is -0.151. The topological polar surface area (TPSA) is 26.3 Å². The van der Waals surface area contributed by atoms with E-state index < -0.39 is 5.41 Å². The summed E-state index contributed by atoms with van der Waals surface area (Å²) in [6, 6.07) is 14.7. The van der Waals surface area contributed by atoms with E-state index in [4.69, 9.17) is 4.74 Å². The van der Waals surface area contributed by atoms with Crippen molar-refractivity contribution in [3.63, 3.8) is 0 Å². The maximum Gasteiger partial charge on any atom is 0.317 e. The van der Waals surface area contributed by atoms with Crippen LogP contribution in [-0.2, 0) is 16.1 Å². The Morgan fingerprint density at radius 1 is 0.966 bits per heavy atom. The van der Waals surface area contributed by atoms with Crippen LogP contribution in [-0.4, -0.2) is 5.97 Å². The molecule has 0 spiro atoms. The molecule has 4 rings (SSSR count). The minimum atomic E-state index is -0.467. The number of benzene rings is 2. The Kier molecular flexibility index (Phi) is 4.93. The Bertz CT molecular complexity index is 973. The highest BCUT2D eigenvalue weighted by atomic mass is 16.5. The highest BCUT2D eigenvalue weighted by Gasteiger charge is 2.70. The van der Waals surface area contributed by atoms with Crippen LogP contribution in [0.3, 0.4) is 0 Å². The molecule has 0 bridgehead atoms. The number of ether oxygens (including phenoxy) is 1. The molecule has 0 aliphatic heterocycles. The molecule has 152 valence electrons. The summed E-state index contributed by atoms with van der Waals surface area (Å²) in [5.74, 6) is -0.0687. The Morgan fingerprint density at radius 2 is 1.62 bits per heavy atom. The van der Waals surface area contributed by atoms with Crippen molar-refractivity contribution in [2.75, 3.05) is 0 Å². The molecular weight excluding hydrogens is 356 g/mol. The van der Waals surface area contributed by atoms with Gasteiger partial charge in [-0.15, -0.1) is 0 Å². The standard InChI is InChI=1S/C27H32O2/c1-18-15-16-22(20-11-7-6-8-12-20)19(2)23(18)17-29-25(28)27(5)24(26(27,3)4)21-13-9-10-14-21/h6-8,11-12,15-16H,9-10,13-14,17H2,1-5H3. The fraction of sp³-hybridized carbons (Fsp3) is 0.444. The predicted octanol–water partition coefficient (Wildman–Crippen LogP) is 6.93. The molecule has 0 amide bonds. The summed E-state index contributed by atoms with van der Waals surface area (Å²) in [4.78, 5) is 13.2. The molecule has 0 saturated heterocycles. The van der Waals surface area contributed by atoms with Crippen LogP contribution in [0, 0.1) is 24.7 Å². The third-order valence-corrected chi connectivity index (χ3v) is 7.55. The third-order valence-electron chi connectivity index (χ3n) is 7.55. The Labute approximate surface area is 175 Å². The number of carbonyl (C=O) groups is 1. The lowest BCUT2D eigenvalue weighted by atomic mass is 9.93. The molecule has 2 fully saturated rings. The fourth-order valence-electron chi connectivity index (χ4n) is 5.38. The molecule has 0 radical (unpaired) electrons. The van der Waals surface area contributed by atoms with Gasteiger partial charge in [-0.25, -0.2) is 0 Å². The number of carbonyl (C=O) groups excluding carboxylic acids is 1. The maximum atomic E-state index is 13.2. The Balaban J connectivity index is 1.57. The molecule has 29 heavy (non-hydrogen) atoms. The average Bonchev–Trinajstić information content (AvgIpc) is 3.04. The second kappa shape index (κ2) is 7.16. The summed E-state index contributed by atoms with van der Waals surface area (Å²) < 4.78 is 5.96. The normalized spacial score (nSPS) is 22.7. The summed E-state index contributed by atoms with van der Waals surface area (Å²) in [5, 5.41) is 0. The van der Waals surface area contributed by atoms with Crippen molar-refractivity contribution in [2.24, 2.45) is 10.8 Å². The molecule has 2 heteroatoms. The first-order valence-electron chi connectivity index (χ1n) is 10.8. The zero-order chi connectivity index (χ0) is 20.8. The summed E-state index contributed by atoms with van der Waals surface area (Å²) in [7, 11) is 0. The van der Waals surface area contributed by atoms with Gasteiger partial charge < -0.3 is 4.74 Å². The van der Waals surface area contributed by atoms with Crippen molar-refractivity contribution in [1.29, 1.82) is 0 Å². The van der Waals surface area contributed by atoms with E-state index >= 15 is 0 Å². The lowest BCUT2D eigenvalue weighted by Crippen LogP contribution is -2.21. The molecule has 2 aliphatic carbocycles. The predicted molar refractivity (Wildman–Crippen MR) is 119 cm³/mol. The van der Waals surface area contributed by atoms with Gasteiger partial charge in [-0.05, 0) is 79.8 Å². The molecule has 2 saturated carbocycles. The van der Waals surface area contributed by atoms with Gasteiger partial charge in [0, 0.05) is 5.41 Å². The first-order chi connectivity index (χ1) is 13.8. The third kappa shape index (κ3) is 3.13. The summed E-state index contributed by atoms with van der Waals surface area (Å²) in [5.41, 5.74) is 8.19. The molecule has 2 nitrogen and oxygen atoms in total. The van der Waals surface area contributed by atoms with Crippen molar-refractivity contribution in [1.82, 2.24) is 0 Å². The molecule has 0 N–H and O–H groups in total. The van der Waals surface area contributed by atoms with E-state index in [-0.39, 0.29) is 11.4 Å². The van der Waals surface area contributed by atoms with Crippen LogP contribution in [0.25, 0.3) is 11.1 Å². The van der Waals surface area contributed by atoms with Crippen LogP contribution in [0.1, 0.15) is 63.1 Å². The zero-order valence-electron chi connectivity index (χ0n) is 18.4. The average molecular weight is 389 g/mol. The molecule has 2 aliphatic rings. The van der Waals surface area contributed by atoms with E-state index in [1.165, 1.54) is 46.2 Å². The van der Waals surface area contributed by atoms with Crippen LogP contribution in [0.5, 0.6) is 0 Å². The summed E-state index contributed by atoms with van der Waals surface area (Å²) in [6.45, 7) is 11.0. The molecule has 1 unspecified atom stereocenters. The van der Waals surface area contributed by atoms with Gasteiger partial charge in [-0.1, -0.05) is 61.9 Å². The van der Waals surface area contributed by atoms with Crippen molar-refractivity contribution in [2.45, 2.75) is 66.9 Å². The van der Waals surface area contributed by atoms with Crippen LogP contribution in [0.2, 0.25) is 0 Å². The summed E-state index contributed by atoms with van der Waals surface area (Å²) >= 11 is 0. The Morgan fingerprint density at radius 3 is 2.28 bits per heavy atom. The zero-order valence-corrected chi connectivity index (χ0v) is 18.4. The van der Waals surface area contributed by atoms with Gasteiger partial charge in [0.05, 0.1) is 5.41 Å². The highest BCUT2D eigenvalue weighted by molar-refractivity contribution is 5.89. The first-order valence-corrected chi connectivity index (χ1v) is 10.8. The molecule has 2 aromatic carbocycles. The quantitative estimate of drug-likeness (QED) is 0.419. The second-order valence-electron chi connectivity index (χ2n) is 9.41. The number of hydrogen-bond acceptors (Lipinski definition) is 2. The molecular formula is C27H32O2. The number of allylic oxidation sites excluding steroid dienone is 1. The van der Waals surface area contributed by atoms with Gasteiger partial charge in [0.25, 0.3) is 0 Å². The van der Waals surface area contributed by atoms with E-state index in [0.717, 1.165) is 18.4 Å². The molecule has 1 atom stereocenters. The first kappa shape index (κ1) is 19.9. The summed E-state index contributed by atoms with van der Waals surface area (Å²) in [6.07, 6.45) is 4.81. The van der Waals surface area contributed by atoms with E-state index in [1.54, 1.807) is 0 Å². The van der Waals surface area contributed by atoms with Crippen molar-refractivity contribution in [3.8, 4) is 11.1 Å². The molecule has 2 aromatic rings.